The molecule has 0 amide bonds. The normalized spacial score (nSPS) is 11.8. The zero-order valence-electron chi connectivity index (χ0n) is 16.2. The number of H-pyrrole nitrogens is 1. The number of aromatic amines is 1. The molecular formula is C23H25N3O2. The summed E-state index contributed by atoms with van der Waals surface area (Å²) in [4.78, 5) is 27.0. The van der Waals surface area contributed by atoms with Gasteiger partial charge in [-0.1, -0.05) is 25.5 Å². The first-order valence-corrected chi connectivity index (χ1v) is 9.51. The Kier molecular flexibility index (Phi) is 6.27. The van der Waals surface area contributed by atoms with Gasteiger partial charge < -0.3 is 15.6 Å². The summed E-state index contributed by atoms with van der Waals surface area (Å²) in [6.45, 7) is 3.61. The van der Waals surface area contributed by atoms with Crippen molar-refractivity contribution in [1.82, 2.24) is 4.98 Å². The highest BCUT2D eigenvalue weighted by atomic mass is 16.1. The summed E-state index contributed by atoms with van der Waals surface area (Å²) in [5, 5.41) is 7.19. The van der Waals surface area contributed by atoms with Crippen molar-refractivity contribution in [2.24, 2.45) is 0 Å². The maximum atomic E-state index is 12.2. The molecule has 0 unspecified atom stereocenters. The number of hydrogen-bond donors (Lipinski definition) is 3. The van der Waals surface area contributed by atoms with Crippen LogP contribution in [0.25, 0.3) is 10.9 Å². The Balaban J connectivity index is 1.83. The number of ketones is 1. The number of unbranched alkanes of at least 4 members (excludes halogenated alkanes) is 1. The van der Waals surface area contributed by atoms with Crippen molar-refractivity contribution in [3.05, 3.63) is 71.7 Å². The van der Waals surface area contributed by atoms with Gasteiger partial charge in [-0.3, -0.25) is 9.59 Å². The van der Waals surface area contributed by atoms with Crippen LogP contribution in [0.3, 0.4) is 0 Å². The number of fused-ring (bicyclic) bond motifs is 1. The van der Waals surface area contributed by atoms with E-state index < -0.39 is 0 Å². The molecule has 3 aromatic rings. The highest BCUT2D eigenvalue weighted by Gasteiger charge is 2.13. The molecule has 1 heterocycles. The second-order valence-corrected chi connectivity index (χ2v) is 6.79. The molecule has 2 aromatic carbocycles. The Morgan fingerprint density at radius 3 is 2.46 bits per heavy atom. The summed E-state index contributed by atoms with van der Waals surface area (Å²) < 4.78 is 0. The minimum Gasteiger partial charge on any atom is -0.361 e. The Morgan fingerprint density at radius 1 is 1.04 bits per heavy atom. The highest BCUT2D eigenvalue weighted by Crippen LogP contribution is 2.21. The fraction of sp³-hybridized carbons (Fsp3) is 0.217. The van der Waals surface area contributed by atoms with Crippen LogP contribution in [0.15, 0.2) is 66.1 Å². The molecule has 5 nitrogen and oxygen atoms in total. The van der Waals surface area contributed by atoms with Gasteiger partial charge in [-0.25, -0.2) is 0 Å². The van der Waals surface area contributed by atoms with Crippen molar-refractivity contribution in [2.45, 2.75) is 33.1 Å². The van der Waals surface area contributed by atoms with Crippen LogP contribution in [0, 0.1) is 0 Å². The molecule has 0 spiro atoms. The number of aryl methyl sites for hydroxylation is 1. The van der Waals surface area contributed by atoms with Crippen molar-refractivity contribution < 1.29 is 9.59 Å². The van der Waals surface area contributed by atoms with E-state index in [2.05, 4.69) is 22.5 Å². The van der Waals surface area contributed by atoms with Crippen molar-refractivity contribution in [3.63, 3.8) is 0 Å². The fourth-order valence-electron chi connectivity index (χ4n) is 3.06. The second kappa shape index (κ2) is 9.04. The lowest BCUT2D eigenvalue weighted by atomic mass is 10.1. The minimum atomic E-state index is -0.219. The summed E-state index contributed by atoms with van der Waals surface area (Å²) in [6, 6.07) is 15.6. The average Bonchev–Trinajstić information content (AvgIpc) is 3.17. The summed E-state index contributed by atoms with van der Waals surface area (Å²) >= 11 is 0. The third-order valence-corrected chi connectivity index (χ3v) is 4.61. The van der Waals surface area contributed by atoms with Gasteiger partial charge >= 0.3 is 0 Å². The summed E-state index contributed by atoms with van der Waals surface area (Å²) in [6.07, 6.45) is 5.87. The topological polar surface area (TPSA) is 74.0 Å². The van der Waals surface area contributed by atoms with Crippen LogP contribution in [-0.2, 0) is 16.0 Å². The SMILES string of the molecule is CCCCc1ccc(N/C(C=O)=C(\Nc2ccc3[nH]ccc3c2)C(C)=O)cc1. The lowest BCUT2D eigenvalue weighted by Crippen LogP contribution is -2.16. The number of carbonyl (C=O) groups is 2. The van der Waals surface area contributed by atoms with E-state index in [1.807, 2.05) is 54.7 Å². The molecule has 3 rings (SSSR count). The number of Topliss-reactive ketones (excluding diaryl/α,β-unsaturated/α-hetero) is 1. The lowest BCUT2D eigenvalue weighted by molar-refractivity contribution is -0.114. The van der Waals surface area contributed by atoms with Gasteiger partial charge in [-0.05, 0) is 54.8 Å². The van der Waals surface area contributed by atoms with Crippen LogP contribution in [0.5, 0.6) is 0 Å². The fourth-order valence-corrected chi connectivity index (χ4v) is 3.06. The van der Waals surface area contributed by atoms with Crippen molar-refractivity contribution in [3.8, 4) is 0 Å². The van der Waals surface area contributed by atoms with Crippen LogP contribution >= 0.6 is 0 Å². The quantitative estimate of drug-likeness (QED) is 0.362. The Hall–Kier alpha value is -3.34. The molecule has 0 bridgehead atoms. The molecule has 28 heavy (non-hydrogen) atoms. The van der Waals surface area contributed by atoms with Crippen molar-refractivity contribution >= 4 is 34.3 Å². The highest BCUT2D eigenvalue weighted by molar-refractivity contribution is 6.03. The maximum Gasteiger partial charge on any atom is 0.178 e. The first-order chi connectivity index (χ1) is 13.6. The van der Waals surface area contributed by atoms with Gasteiger partial charge in [0.1, 0.15) is 11.4 Å². The molecule has 0 aliphatic heterocycles. The number of anilines is 2. The third kappa shape index (κ3) is 4.68. The molecule has 0 saturated carbocycles. The molecule has 0 fully saturated rings. The maximum absolute atomic E-state index is 12.2. The van der Waals surface area contributed by atoms with E-state index in [0.29, 0.717) is 6.29 Å². The number of aromatic nitrogens is 1. The Labute approximate surface area is 164 Å². The summed E-state index contributed by atoms with van der Waals surface area (Å²) in [5.74, 6) is -0.219. The Bertz CT molecular complexity index is 1000. The van der Waals surface area contributed by atoms with Crippen LogP contribution in [0.1, 0.15) is 32.3 Å². The predicted octanol–water partition coefficient (Wildman–Crippen LogP) is 5.03. The summed E-state index contributed by atoms with van der Waals surface area (Å²) in [5.41, 5.74) is 4.23. The first-order valence-electron chi connectivity index (χ1n) is 9.51. The monoisotopic (exact) mass is 375 g/mol. The van der Waals surface area contributed by atoms with Gasteiger partial charge in [-0.2, -0.15) is 0 Å². The average molecular weight is 375 g/mol. The first kappa shape index (κ1) is 19.4. The molecule has 0 aliphatic rings. The zero-order valence-corrected chi connectivity index (χ0v) is 16.2. The van der Waals surface area contributed by atoms with Crippen LogP contribution in [0.4, 0.5) is 11.4 Å². The molecule has 144 valence electrons. The molecule has 0 saturated heterocycles. The van der Waals surface area contributed by atoms with Gasteiger partial charge in [0.05, 0.1) is 0 Å². The number of nitrogens with one attached hydrogen (secondary N) is 3. The molecule has 1 aromatic heterocycles. The van der Waals surface area contributed by atoms with E-state index in [-0.39, 0.29) is 17.2 Å². The van der Waals surface area contributed by atoms with Crippen LogP contribution < -0.4 is 10.6 Å². The van der Waals surface area contributed by atoms with Crippen LogP contribution in [0.2, 0.25) is 0 Å². The largest absolute Gasteiger partial charge is 0.361 e. The van der Waals surface area contributed by atoms with Gasteiger partial charge in [0.15, 0.2) is 12.1 Å². The predicted molar refractivity (Wildman–Crippen MR) is 114 cm³/mol. The van der Waals surface area contributed by atoms with Gasteiger partial charge in [0.2, 0.25) is 0 Å². The van der Waals surface area contributed by atoms with E-state index in [9.17, 15) is 9.59 Å². The van der Waals surface area contributed by atoms with E-state index in [4.69, 9.17) is 0 Å². The minimum absolute atomic E-state index is 0.211. The molecule has 0 atom stereocenters. The Morgan fingerprint density at radius 2 is 1.79 bits per heavy atom. The number of aldehydes is 1. The number of benzene rings is 2. The number of rotatable bonds is 9. The lowest BCUT2D eigenvalue weighted by Gasteiger charge is -2.14. The smallest absolute Gasteiger partial charge is 0.178 e. The van der Waals surface area contributed by atoms with Crippen LogP contribution in [-0.4, -0.2) is 17.1 Å². The zero-order chi connectivity index (χ0) is 19.9. The molecule has 0 aliphatic carbocycles. The number of carbonyl (C=O) groups excluding carboxylic acids is 2. The van der Waals surface area contributed by atoms with E-state index in [0.717, 1.165) is 41.5 Å². The molecule has 0 radical (unpaired) electrons. The molecule has 5 heteroatoms. The van der Waals surface area contributed by atoms with E-state index in [1.165, 1.54) is 12.5 Å². The van der Waals surface area contributed by atoms with Crippen molar-refractivity contribution in [2.75, 3.05) is 10.6 Å². The van der Waals surface area contributed by atoms with E-state index in [1.54, 1.807) is 0 Å². The van der Waals surface area contributed by atoms with Gasteiger partial charge in [0.25, 0.3) is 0 Å². The second-order valence-electron chi connectivity index (χ2n) is 6.79. The third-order valence-electron chi connectivity index (χ3n) is 4.61. The van der Waals surface area contributed by atoms with Gasteiger partial charge in [-0.15, -0.1) is 0 Å². The summed E-state index contributed by atoms with van der Waals surface area (Å²) in [7, 11) is 0. The number of hydrogen-bond acceptors (Lipinski definition) is 4. The standard InChI is InChI=1S/C23H25N3O2/c1-3-4-5-17-6-8-19(9-7-17)25-22(15-27)23(16(2)28)26-20-10-11-21-18(14-20)12-13-24-21/h6-15,24-26H,3-5H2,1-2H3/b23-22-. The van der Waals surface area contributed by atoms with E-state index >= 15 is 0 Å². The molecular weight excluding hydrogens is 350 g/mol. The molecule has 3 N–H and O–H groups in total. The van der Waals surface area contributed by atoms with Gasteiger partial charge in [0, 0.05) is 35.4 Å². The van der Waals surface area contributed by atoms with Crippen molar-refractivity contribution in [1.29, 1.82) is 0 Å². The number of allylic oxidation sites excluding steroid dienone is 2.